The van der Waals surface area contributed by atoms with Crippen molar-refractivity contribution < 1.29 is 14.5 Å². The van der Waals surface area contributed by atoms with Crippen LogP contribution in [-0.2, 0) is 22.7 Å². The summed E-state index contributed by atoms with van der Waals surface area (Å²) in [6, 6.07) is 18.9. The first-order chi connectivity index (χ1) is 16.0. The van der Waals surface area contributed by atoms with E-state index in [2.05, 4.69) is 4.98 Å². The Balaban J connectivity index is 1.77. The van der Waals surface area contributed by atoms with E-state index in [0.29, 0.717) is 24.4 Å². The monoisotopic (exact) mass is 442 g/mol. The van der Waals surface area contributed by atoms with Crippen LogP contribution in [0.1, 0.15) is 23.6 Å². The summed E-state index contributed by atoms with van der Waals surface area (Å²) in [5, 5.41) is 11.1. The predicted molar refractivity (Wildman–Crippen MR) is 122 cm³/mol. The highest BCUT2D eigenvalue weighted by Crippen LogP contribution is 2.34. The minimum atomic E-state index is -0.496. The molecule has 4 rings (SSSR count). The summed E-state index contributed by atoms with van der Waals surface area (Å²) in [5.41, 5.74) is 2.72. The van der Waals surface area contributed by atoms with E-state index in [1.807, 2.05) is 42.2 Å². The highest BCUT2D eigenvalue weighted by molar-refractivity contribution is 6.35. The largest absolute Gasteiger partial charge is 0.362 e. The van der Waals surface area contributed by atoms with Gasteiger partial charge in [-0.05, 0) is 47.9 Å². The Labute approximate surface area is 190 Å². The molecular formula is C25H22N4O4. The lowest BCUT2D eigenvalue weighted by molar-refractivity contribution is -0.384. The summed E-state index contributed by atoms with van der Waals surface area (Å²) in [7, 11) is 0. The fourth-order valence-electron chi connectivity index (χ4n) is 3.83. The summed E-state index contributed by atoms with van der Waals surface area (Å²) in [5.74, 6) is -0.810. The summed E-state index contributed by atoms with van der Waals surface area (Å²) < 4.78 is 0. The summed E-state index contributed by atoms with van der Waals surface area (Å²) >= 11 is 0. The van der Waals surface area contributed by atoms with Gasteiger partial charge in [-0.25, -0.2) is 0 Å². The van der Waals surface area contributed by atoms with Gasteiger partial charge in [0, 0.05) is 37.6 Å². The molecule has 0 saturated heterocycles. The average molecular weight is 442 g/mol. The van der Waals surface area contributed by atoms with E-state index in [0.717, 1.165) is 11.1 Å². The van der Waals surface area contributed by atoms with Crippen LogP contribution < -0.4 is 0 Å². The van der Waals surface area contributed by atoms with Gasteiger partial charge < -0.3 is 4.90 Å². The van der Waals surface area contributed by atoms with Gasteiger partial charge in [0.05, 0.1) is 17.0 Å². The van der Waals surface area contributed by atoms with Crippen molar-refractivity contribution in [3.63, 3.8) is 0 Å². The molecule has 1 aromatic heterocycles. The third-order valence-corrected chi connectivity index (χ3v) is 5.51. The zero-order valence-corrected chi connectivity index (χ0v) is 18.0. The second-order valence-electron chi connectivity index (χ2n) is 7.58. The number of non-ortho nitro benzene ring substituents is 1. The van der Waals surface area contributed by atoms with Gasteiger partial charge in [-0.3, -0.25) is 29.6 Å². The highest BCUT2D eigenvalue weighted by atomic mass is 16.6. The molecule has 0 N–H and O–H groups in total. The Morgan fingerprint density at radius 2 is 1.58 bits per heavy atom. The average Bonchev–Trinajstić information content (AvgIpc) is 3.08. The number of hydrogen-bond acceptors (Lipinski definition) is 6. The third kappa shape index (κ3) is 4.50. The number of pyridine rings is 1. The number of carbonyl (C=O) groups excluding carboxylic acids is 2. The first-order valence-electron chi connectivity index (χ1n) is 10.5. The van der Waals surface area contributed by atoms with Gasteiger partial charge >= 0.3 is 0 Å². The fraction of sp³-hybridized carbons (Fsp3) is 0.160. The number of imide groups is 1. The van der Waals surface area contributed by atoms with Crippen molar-refractivity contribution >= 4 is 23.1 Å². The molecule has 0 atom stereocenters. The van der Waals surface area contributed by atoms with Crippen molar-refractivity contribution in [3.8, 4) is 0 Å². The standard InChI is InChI=1S/C25H22N4O4/c1-2-27(16-18-6-4-3-5-7-18)23-22(20-8-10-21(11-9-20)29(32)33)24(30)28(25(23)31)17-19-12-14-26-15-13-19/h3-15H,2,16-17H2,1H3. The molecule has 0 saturated carbocycles. The van der Waals surface area contributed by atoms with E-state index in [1.165, 1.54) is 29.2 Å². The van der Waals surface area contributed by atoms with Crippen molar-refractivity contribution in [3.05, 3.63) is 112 Å². The third-order valence-electron chi connectivity index (χ3n) is 5.51. The first kappa shape index (κ1) is 21.9. The smallest absolute Gasteiger partial charge is 0.278 e. The van der Waals surface area contributed by atoms with E-state index < -0.39 is 10.8 Å². The molecule has 0 fully saturated rings. The SMILES string of the molecule is CCN(Cc1ccccc1)C1=C(c2ccc([N+](=O)[O-])cc2)C(=O)N(Cc2ccncc2)C1=O. The Kier molecular flexibility index (Phi) is 6.26. The second kappa shape index (κ2) is 9.44. The summed E-state index contributed by atoms with van der Waals surface area (Å²) in [6.45, 7) is 2.99. The van der Waals surface area contributed by atoms with Gasteiger partial charge in [-0.15, -0.1) is 0 Å². The molecule has 2 amide bonds. The molecule has 3 aromatic rings. The first-order valence-corrected chi connectivity index (χ1v) is 10.5. The van der Waals surface area contributed by atoms with Gasteiger partial charge in [0.25, 0.3) is 17.5 Å². The van der Waals surface area contributed by atoms with E-state index in [1.54, 1.807) is 24.5 Å². The molecule has 33 heavy (non-hydrogen) atoms. The number of rotatable bonds is 8. The van der Waals surface area contributed by atoms with Crippen molar-refractivity contribution in [1.29, 1.82) is 0 Å². The molecule has 0 unspecified atom stereocenters. The van der Waals surface area contributed by atoms with Crippen LogP contribution in [0.15, 0.2) is 84.8 Å². The van der Waals surface area contributed by atoms with E-state index >= 15 is 0 Å². The Hall–Kier alpha value is -4.33. The molecule has 2 aromatic carbocycles. The molecule has 8 nitrogen and oxygen atoms in total. The Bertz CT molecular complexity index is 1210. The minimum Gasteiger partial charge on any atom is -0.362 e. The number of amides is 2. The molecule has 0 spiro atoms. The summed E-state index contributed by atoms with van der Waals surface area (Å²) in [4.78, 5) is 44.7. The van der Waals surface area contributed by atoms with Gasteiger partial charge in [0.15, 0.2) is 0 Å². The van der Waals surface area contributed by atoms with Gasteiger partial charge in [-0.2, -0.15) is 0 Å². The number of nitrogens with zero attached hydrogens (tertiary/aromatic N) is 4. The minimum absolute atomic E-state index is 0.0806. The molecule has 8 heteroatoms. The maximum Gasteiger partial charge on any atom is 0.278 e. The summed E-state index contributed by atoms with van der Waals surface area (Å²) in [6.07, 6.45) is 3.22. The van der Waals surface area contributed by atoms with Crippen LogP contribution in [0.2, 0.25) is 0 Å². The second-order valence-corrected chi connectivity index (χ2v) is 7.58. The predicted octanol–water partition coefficient (Wildman–Crippen LogP) is 3.79. The topological polar surface area (TPSA) is 96.7 Å². The molecular weight excluding hydrogens is 420 g/mol. The van der Waals surface area contributed by atoms with Gasteiger partial charge in [0.2, 0.25) is 0 Å². The van der Waals surface area contributed by atoms with Crippen molar-refractivity contribution in [2.24, 2.45) is 0 Å². The number of nitro groups is 1. The van der Waals surface area contributed by atoms with Crippen molar-refractivity contribution in [1.82, 2.24) is 14.8 Å². The number of hydrogen-bond donors (Lipinski definition) is 0. The van der Waals surface area contributed by atoms with Gasteiger partial charge in [-0.1, -0.05) is 30.3 Å². The lowest BCUT2D eigenvalue weighted by Crippen LogP contribution is -2.34. The number of aromatic nitrogens is 1. The maximum absolute atomic E-state index is 13.6. The molecule has 2 heterocycles. The number of nitro benzene ring substituents is 1. The van der Waals surface area contributed by atoms with E-state index in [4.69, 9.17) is 0 Å². The highest BCUT2D eigenvalue weighted by Gasteiger charge is 2.41. The quantitative estimate of drug-likeness (QED) is 0.299. The normalized spacial score (nSPS) is 13.5. The Morgan fingerprint density at radius 3 is 2.18 bits per heavy atom. The number of carbonyl (C=O) groups is 2. The number of benzene rings is 2. The van der Waals surface area contributed by atoms with E-state index in [-0.39, 0.29) is 23.7 Å². The van der Waals surface area contributed by atoms with Crippen LogP contribution in [-0.4, -0.2) is 38.1 Å². The van der Waals surface area contributed by atoms with Crippen molar-refractivity contribution in [2.75, 3.05) is 6.54 Å². The lowest BCUT2D eigenvalue weighted by Gasteiger charge is -2.25. The molecule has 0 radical (unpaired) electrons. The van der Waals surface area contributed by atoms with E-state index in [9.17, 15) is 19.7 Å². The maximum atomic E-state index is 13.6. The van der Waals surface area contributed by atoms with Crippen molar-refractivity contribution in [2.45, 2.75) is 20.0 Å². The van der Waals surface area contributed by atoms with Crippen LogP contribution in [0.25, 0.3) is 5.57 Å². The molecule has 0 aliphatic carbocycles. The van der Waals surface area contributed by atoms with Crippen LogP contribution >= 0.6 is 0 Å². The van der Waals surface area contributed by atoms with Crippen LogP contribution in [0.5, 0.6) is 0 Å². The van der Waals surface area contributed by atoms with Crippen LogP contribution in [0.3, 0.4) is 0 Å². The molecule has 0 bridgehead atoms. The molecule has 1 aliphatic heterocycles. The molecule has 166 valence electrons. The molecule has 1 aliphatic rings. The van der Waals surface area contributed by atoms with Crippen LogP contribution in [0, 0.1) is 10.1 Å². The zero-order valence-electron chi connectivity index (χ0n) is 18.0. The van der Waals surface area contributed by atoms with Gasteiger partial charge in [0.1, 0.15) is 5.70 Å². The fourth-order valence-corrected chi connectivity index (χ4v) is 3.83. The Morgan fingerprint density at radius 1 is 0.909 bits per heavy atom. The van der Waals surface area contributed by atoms with Crippen LogP contribution in [0.4, 0.5) is 5.69 Å². The number of likely N-dealkylation sites (N-methyl/N-ethyl adjacent to an activating group) is 1. The zero-order chi connectivity index (χ0) is 23.4. The lowest BCUT2D eigenvalue weighted by atomic mass is 10.0.